The van der Waals surface area contributed by atoms with Crippen LogP contribution in [-0.4, -0.2) is 35.7 Å². The van der Waals surface area contributed by atoms with Crippen LogP contribution in [0.25, 0.3) is 11.2 Å². The van der Waals surface area contributed by atoms with Crippen LogP contribution in [0.3, 0.4) is 0 Å². The van der Waals surface area contributed by atoms with Crippen LogP contribution in [0.4, 0.5) is 5.82 Å². The Labute approximate surface area is 151 Å². The Bertz CT molecular complexity index is 1010. The number of carbonyl (C=O) groups is 1. The van der Waals surface area contributed by atoms with Gasteiger partial charge in [0.15, 0.2) is 11.5 Å². The zero-order valence-corrected chi connectivity index (χ0v) is 14.9. The van der Waals surface area contributed by atoms with Crippen LogP contribution >= 0.6 is 0 Å². The number of aromatic amines is 1. The summed E-state index contributed by atoms with van der Waals surface area (Å²) in [5, 5.41) is 0.105. The lowest BCUT2D eigenvalue weighted by atomic mass is 10.1. The van der Waals surface area contributed by atoms with Gasteiger partial charge in [-0.3, -0.25) is 9.36 Å². The minimum atomic E-state index is -1.39. The van der Waals surface area contributed by atoms with Gasteiger partial charge >= 0.3 is 10.8 Å². The Balaban J connectivity index is 2.03. The van der Waals surface area contributed by atoms with Crippen LogP contribution in [0, 0.1) is 0 Å². The number of rotatable bonds is 6. The van der Waals surface area contributed by atoms with Gasteiger partial charge in [-0.1, -0.05) is 19.1 Å². The van der Waals surface area contributed by atoms with E-state index in [4.69, 9.17) is 11.5 Å². The molecular weight excluding hydrogens is 356 g/mol. The molecule has 0 aliphatic heterocycles. The maximum absolute atomic E-state index is 12.3. The number of nitrogens with zero attached hydrogens (tertiary/aromatic N) is 3. The average Bonchev–Trinajstić information content (AvgIpc) is 2.92. The normalized spacial score (nSPS) is 12.4. The van der Waals surface area contributed by atoms with Gasteiger partial charge in [0.05, 0.1) is 6.54 Å². The molecule has 2 aromatic heterocycles. The van der Waals surface area contributed by atoms with Crippen LogP contribution in [-0.2, 0) is 17.7 Å². The number of primary amides is 1. The van der Waals surface area contributed by atoms with Crippen LogP contribution in [0.5, 0.6) is 0 Å². The maximum atomic E-state index is 12.3. The van der Waals surface area contributed by atoms with E-state index in [9.17, 15) is 14.1 Å². The molecule has 0 bridgehead atoms. The second-order valence-corrected chi connectivity index (χ2v) is 7.18. The molecule has 1 amide bonds. The van der Waals surface area contributed by atoms with Crippen LogP contribution in [0.2, 0.25) is 0 Å². The summed E-state index contributed by atoms with van der Waals surface area (Å²) < 4.78 is 13.6. The molecule has 3 aromatic rings. The first kappa shape index (κ1) is 18.0. The summed E-state index contributed by atoms with van der Waals surface area (Å²) >= 11 is -1.39. The quantitative estimate of drug-likeness (QED) is 0.418. The van der Waals surface area contributed by atoms with Gasteiger partial charge in [-0.25, -0.2) is 4.79 Å². The van der Waals surface area contributed by atoms with Crippen molar-refractivity contribution < 1.29 is 9.35 Å². The predicted molar refractivity (Wildman–Crippen MR) is 98.2 cm³/mol. The molecule has 1 unspecified atom stereocenters. The minimum absolute atomic E-state index is 0.0781. The number of hydrogen-bond donors (Lipinski definition) is 3. The molecule has 136 valence electrons. The summed E-state index contributed by atoms with van der Waals surface area (Å²) in [4.78, 5) is 34.4. The lowest BCUT2D eigenvalue weighted by Crippen LogP contribution is -2.18. The highest BCUT2D eigenvalue weighted by Crippen LogP contribution is 2.18. The number of fused-ring (bicyclic) bond motifs is 1. The number of aromatic nitrogens is 4. The number of benzene rings is 1. The highest BCUT2D eigenvalue weighted by atomic mass is 32.2. The molecule has 0 aliphatic rings. The zero-order valence-electron chi connectivity index (χ0n) is 14.1. The van der Waals surface area contributed by atoms with E-state index in [1.54, 1.807) is 24.3 Å². The first-order valence-corrected chi connectivity index (χ1v) is 9.25. The molecule has 2 heterocycles. The van der Waals surface area contributed by atoms with Crippen molar-refractivity contribution in [1.29, 1.82) is 0 Å². The van der Waals surface area contributed by atoms with E-state index in [-0.39, 0.29) is 17.5 Å². The summed E-state index contributed by atoms with van der Waals surface area (Å²) in [6, 6.07) is 6.57. The maximum Gasteiger partial charge on any atom is 0.346 e. The number of anilines is 1. The topological polar surface area (TPSA) is 156 Å². The lowest BCUT2D eigenvalue weighted by molar-refractivity contribution is 0.100. The number of nitrogens with two attached hydrogens (primary N) is 2. The molecule has 1 aromatic carbocycles. The molecule has 0 saturated carbocycles. The number of amides is 1. The summed E-state index contributed by atoms with van der Waals surface area (Å²) in [5.41, 5.74) is 12.5. The fourth-order valence-corrected chi connectivity index (χ4v) is 3.45. The zero-order chi connectivity index (χ0) is 18.8. The molecule has 26 heavy (non-hydrogen) atoms. The van der Waals surface area contributed by atoms with E-state index < -0.39 is 22.8 Å². The van der Waals surface area contributed by atoms with E-state index >= 15 is 0 Å². The Hall–Kier alpha value is -2.85. The van der Waals surface area contributed by atoms with Crippen LogP contribution in [0.1, 0.15) is 29.3 Å². The number of H-pyrrole nitrogens is 1. The van der Waals surface area contributed by atoms with E-state index in [1.165, 1.54) is 4.57 Å². The molecule has 10 heteroatoms. The Morgan fingerprint density at radius 3 is 2.62 bits per heavy atom. The second kappa shape index (κ2) is 7.18. The van der Waals surface area contributed by atoms with Crippen molar-refractivity contribution >= 4 is 34.1 Å². The Morgan fingerprint density at radius 2 is 2.00 bits per heavy atom. The van der Waals surface area contributed by atoms with Gasteiger partial charge < -0.3 is 21.0 Å². The van der Waals surface area contributed by atoms with Crippen molar-refractivity contribution in [3.8, 4) is 0 Å². The standard InChI is InChI=1S/C16H18N6O3S/c1-2-7-26(25)15-20-12(17)11-14(21-15)22(16(24)19-11)8-9-3-5-10(6-4-9)13(18)23/h3-6H,2,7-8H2,1H3,(H2,18,23)(H,19,24)(H2,17,20,21). The summed E-state index contributed by atoms with van der Waals surface area (Å²) in [5.74, 6) is -0.0347. The Morgan fingerprint density at radius 1 is 1.31 bits per heavy atom. The van der Waals surface area contributed by atoms with Gasteiger partial charge in [0.2, 0.25) is 5.91 Å². The largest absolute Gasteiger partial charge is 0.609 e. The summed E-state index contributed by atoms with van der Waals surface area (Å²) in [6.45, 7) is 2.11. The van der Waals surface area contributed by atoms with Crippen molar-refractivity contribution in [1.82, 2.24) is 19.5 Å². The Kier molecular flexibility index (Phi) is 4.96. The van der Waals surface area contributed by atoms with E-state index in [2.05, 4.69) is 15.0 Å². The van der Waals surface area contributed by atoms with Crippen molar-refractivity contribution in [3.05, 3.63) is 45.9 Å². The molecule has 0 saturated heterocycles. The van der Waals surface area contributed by atoms with Crippen molar-refractivity contribution in [2.45, 2.75) is 25.0 Å². The summed E-state index contributed by atoms with van der Waals surface area (Å²) in [7, 11) is 0. The van der Waals surface area contributed by atoms with Gasteiger partial charge in [0, 0.05) is 16.7 Å². The highest BCUT2D eigenvalue weighted by Gasteiger charge is 2.20. The van der Waals surface area contributed by atoms with E-state index in [0.29, 0.717) is 28.9 Å². The average molecular weight is 374 g/mol. The SMILES string of the molecule is CCC[S+]([O-])c1nc(N)c2[nH]c(=O)n(Cc3ccc(C(N)=O)cc3)c2n1. The molecule has 9 nitrogen and oxygen atoms in total. The number of nitrogens with one attached hydrogen (secondary N) is 1. The lowest BCUT2D eigenvalue weighted by Gasteiger charge is -2.09. The molecular formula is C16H18N6O3S. The third-order valence-corrected chi connectivity index (χ3v) is 5.17. The predicted octanol–water partition coefficient (Wildman–Crippen LogP) is 0.367. The number of carbonyl (C=O) groups excluding carboxylic acids is 1. The fraction of sp³-hybridized carbons (Fsp3) is 0.250. The number of nitrogen functional groups attached to an aromatic ring is 1. The molecule has 5 N–H and O–H groups in total. The van der Waals surface area contributed by atoms with Gasteiger partial charge in [-0.2, -0.15) is 9.97 Å². The minimum Gasteiger partial charge on any atom is -0.609 e. The van der Waals surface area contributed by atoms with Gasteiger partial charge in [0.1, 0.15) is 11.3 Å². The van der Waals surface area contributed by atoms with Gasteiger partial charge in [0.25, 0.3) is 0 Å². The second-order valence-electron chi connectivity index (χ2n) is 5.72. The van der Waals surface area contributed by atoms with Gasteiger partial charge in [-0.15, -0.1) is 0 Å². The monoisotopic (exact) mass is 374 g/mol. The van der Waals surface area contributed by atoms with E-state index in [0.717, 1.165) is 5.56 Å². The molecule has 0 fully saturated rings. The highest BCUT2D eigenvalue weighted by molar-refractivity contribution is 7.91. The first-order valence-electron chi connectivity index (χ1n) is 7.93. The third kappa shape index (κ3) is 3.41. The summed E-state index contributed by atoms with van der Waals surface area (Å²) in [6.07, 6.45) is 0.708. The molecule has 0 aliphatic carbocycles. The number of imidazole rings is 1. The van der Waals surface area contributed by atoms with Gasteiger partial charge in [-0.05, 0) is 24.1 Å². The van der Waals surface area contributed by atoms with Crippen molar-refractivity contribution in [3.63, 3.8) is 0 Å². The number of hydrogen-bond acceptors (Lipinski definition) is 6. The molecule has 1 atom stereocenters. The molecule has 3 rings (SSSR count). The van der Waals surface area contributed by atoms with Crippen LogP contribution in [0.15, 0.2) is 34.2 Å². The molecule has 0 spiro atoms. The van der Waals surface area contributed by atoms with Crippen molar-refractivity contribution in [2.75, 3.05) is 11.5 Å². The van der Waals surface area contributed by atoms with Crippen molar-refractivity contribution in [2.24, 2.45) is 5.73 Å². The van der Waals surface area contributed by atoms with Crippen LogP contribution < -0.4 is 17.2 Å². The fourth-order valence-electron chi connectivity index (χ4n) is 2.51. The first-order chi connectivity index (χ1) is 12.4. The van der Waals surface area contributed by atoms with E-state index in [1.807, 2.05) is 6.92 Å². The molecule has 0 radical (unpaired) electrons. The third-order valence-electron chi connectivity index (χ3n) is 3.80. The smallest absolute Gasteiger partial charge is 0.346 e.